The van der Waals surface area contributed by atoms with Crippen molar-refractivity contribution in [1.29, 1.82) is 0 Å². The number of hydrogen-bond acceptors (Lipinski definition) is 9. The summed E-state index contributed by atoms with van der Waals surface area (Å²) in [5, 5.41) is 52.7. The lowest BCUT2D eigenvalue weighted by Crippen LogP contribution is -2.58. The lowest BCUT2D eigenvalue weighted by atomic mass is 10.00. The number of rotatable bonds is 3. The minimum absolute atomic E-state index is 0.190. The molecule has 8 N–H and O–H groups in total. The zero-order chi connectivity index (χ0) is 15.2. The molecule has 114 valence electrons. The predicted octanol–water partition coefficient (Wildman–Crippen LogP) is -3.89. The molecule has 1 aliphatic heterocycles. The highest BCUT2D eigenvalue weighted by atomic mass is 32.1. The lowest BCUT2D eigenvalue weighted by molar-refractivity contribution is -0.286. The van der Waals surface area contributed by atoms with Crippen LogP contribution in [0.2, 0.25) is 0 Å². The van der Waals surface area contributed by atoms with Gasteiger partial charge in [0, 0.05) is 5.75 Å². The minimum atomic E-state index is -1.57. The van der Waals surface area contributed by atoms with Crippen LogP contribution in [0.1, 0.15) is 0 Å². The number of nitrogens with two attached hydrogens (primary N) is 1. The number of aliphatic carboxylic acids is 1. The van der Waals surface area contributed by atoms with Gasteiger partial charge >= 0.3 is 5.97 Å². The molecule has 0 aliphatic carbocycles. The second-order valence-corrected chi connectivity index (χ2v) is 4.21. The summed E-state index contributed by atoms with van der Waals surface area (Å²) in [6.45, 7) is -0.526. The van der Waals surface area contributed by atoms with Crippen molar-refractivity contribution < 1.29 is 40.2 Å². The van der Waals surface area contributed by atoms with E-state index in [1.54, 1.807) is 0 Å². The zero-order valence-electron chi connectivity index (χ0n) is 9.90. The van der Waals surface area contributed by atoms with E-state index in [2.05, 4.69) is 17.4 Å². The van der Waals surface area contributed by atoms with E-state index in [9.17, 15) is 4.79 Å². The fraction of sp³-hybridized carbons (Fsp3) is 0.889. The number of carbonyl (C=O) groups is 1. The van der Waals surface area contributed by atoms with Gasteiger partial charge in [-0.05, 0) is 0 Å². The summed E-state index contributed by atoms with van der Waals surface area (Å²) in [5.41, 5.74) is 4.94. The minimum Gasteiger partial charge on any atom is -0.480 e. The quantitative estimate of drug-likeness (QED) is 0.242. The van der Waals surface area contributed by atoms with Gasteiger partial charge in [-0.1, -0.05) is 0 Å². The molecule has 0 aromatic rings. The van der Waals surface area contributed by atoms with E-state index in [1.165, 1.54) is 0 Å². The van der Waals surface area contributed by atoms with E-state index in [0.29, 0.717) is 0 Å². The van der Waals surface area contributed by atoms with Crippen molar-refractivity contribution in [3.63, 3.8) is 0 Å². The van der Waals surface area contributed by atoms with Gasteiger partial charge in [0.25, 0.3) is 0 Å². The summed E-state index contributed by atoms with van der Waals surface area (Å²) < 4.78 is 4.58. The number of aliphatic hydroxyl groups is 5. The van der Waals surface area contributed by atoms with Gasteiger partial charge in [0.2, 0.25) is 0 Å². The molecule has 0 bridgehead atoms. The van der Waals surface area contributed by atoms with Crippen LogP contribution in [0.3, 0.4) is 0 Å². The molecule has 0 saturated carbocycles. The summed E-state index contributed by atoms with van der Waals surface area (Å²) in [6.07, 6.45) is -7.04. The van der Waals surface area contributed by atoms with Crippen LogP contribution in [0, 0.1) is 0 Å². The smallest absolute Gasteiger partial charge is 0.321 e. The Labute approximate surface area is 114 Å². The third-order valence-corrected chi connectivity index (χ3v) is 2.77. The Hall–Kier alpha value is -0.460. The van der Waals surface area contributed by atoms with Crippen LogP contribution >= 0.6 is 12.6 Å². The largest absolute Gasteiger partial charge is 0.480 e. The van der Waals surface area contributed by atoms with E-state index in [0.717, 1.165) is 0 Å². The lowest BCUT2D eigenvalue weighted by Gasteiger charge is -2.37. The fourth-order valence-electron chi connectivity index (χ4n) is 1.16. The first-order chi connectivity index (χ1) is 8.76. The van der Waals surface area contributed by atoms with E-state index in [-0.39, 0.29) is 5.75 Å². The second-order valence-electron chi connectivity index (χ2n) is 3.85. The second kappa shape index (κ2) is 8.66. The molecule has 6 atom stereocenters. The first kappa shape index (κ1) is 18.5. The maximum Gasteiger partial charge on any atom is 0.321 e. The molecule has 0 spiro atoms. The molecule has 1 heterocycles. The van der Waals surface area contributed by atoms with Gasteiger partial charge in [0.15, 0.2) is 6.29 Å². The number of aliphatic hydroxyl groups excluding tert-OH is 5. The van der Waals surface area contributed by atoms with Gasteiger partial charge in [0.05, 0.1) is 6.61 Å². The predicted molar refractivity (Wildman–Crippen MR) is 65.5 cm³/mol. The van der Waals surface area contributed by atoms with Crippen LogP contribution in [0.5, 0.6) is 0 Å². The third kappa shape index (κ3) is 5.58. The Kier molecular flexibility index (Phi) is 8.45. The van der Waals surface area contributed by atoms with Crippen LogP contribution in [-0.4, -0.2) is 85.7 Å². The van der Waals surface area contributed by atoms with E-state index >= 15 is 0 Å². The summed E-state index contributed by atoms with van der Waals surface area (Å²) in [4.78, 5) is 9.76. The van der Waals surface area contributed by atoms with Crippen LogP contribution in [0.25, 0.3) is 0 Å². The molecular weight excluding hydrogens is 282 g/mol. The molecular formula is C9H19NO8S. The van der Waals surface area contributed by atoms with Crippen LogP contribution in [0.15, 0.2) is 0 Å². The van der Waals surface area contributed by atoms with E-state index in [1.807, 2.05) is 0 Å². The van der Waals surface area contributed by atoms with Crippen molar-refractivity contribution in [2.75, 3.05) is 12.4 Å². The third-order valence-electron chi connectivity index (χ3n) is 2.38. The van der Waals surface area contributed by atoms with Crippen LogP contribution < -0.4 is 5.73 Å². The van der Waals surface area contributed by atoms with Crippen molar-refractivity contribution >= 4 is 18.6 Å². The highest BCUT2D eigenvalue weighted by Crippen LogP contribution is 2.18. The highest BCUT2D eigenvalue weighted by Gasteiger charge is 2.42. The fourth-order valence-corrected chi connectivity index (χ4v) is 1.32. The van der Waals surface area contributed by atoms with Gasteiger partial charge < -0.3 is 41.1 Å². The number of hydrogen-bond donors (Lipinski definition) is 8. The summed E-state index contributed by atoms with van der Waals surface area (Å²) in [5.74, 6) is -0.815. The van der Waals surface area contributed by atoms with E-state index in [4.69, 9.17) is 36.4 Å². The molecule has 19 heavy (non-hydrogen) atoms. The molecule has 0 aromatic carbocycles. The molecule has 2 unspecified atom stereocenters. The average Bonchev–Trinajstić information content (AvgIpc) is 2.40. The Bertz CT molecular complexity index is 276. The number of carboxylic acid groups (broad SMARTS) is 1. The maximum atomic E-state index is 9.76. The standard InChI is InChI=1S/C6H12O6.C3H7NO2S/c7-1-2-3(8)4(9)5(10)6(11)12-2;4-2(1-7)3(5)6/h2-11H,1H2;2,7H,1,4H2,(H,5,6)/t2-,3-,4+,5-,6?;/m1./s1. The van der Waals surface area contributed by atoms with Crippen LogP contribution in [0.4, 0.5) is 0 Å². The molecule has 1 aliphatic rings. The summed E-state index contributed by atoms with van der Waals surface area (Å²) in [7, 11) is 0. The van der Waals surface area contributed by atoms with Crippen molar-refractivity contribution in [2.45, 2.75) is 36.7 Å². The Morgan fingerprint density at radius 3 is 2.05 bits per heavy atom. The van der Waals surface area contributed by atoms with Gasteiger partial charge in [-0.15, -0.1) is 0 Å². The summed E-state index contributed by atoms with van der Waals surface area (Å²) in [6, 6.07) is -0.816. The SMILES string of the molecule is NC(CS)C(=O)O.OC[C@H]1OC(O)[C@H](O)[C@@H](O)[C@@H]1O. The number of ether oxygens (including phenoxy) is 1. The molecule has 1 rings (SSSR count). The van der Waals surface area contributed by atoms with Crippen molar-refractivity contribution in [3.8, 4) is 0 Å². The molecule has 10 heteroatoms. The average molecular weight is 301 g/mol. The van der Waals surface area contributed by atoms with Gasteiger partial charge in [-0.25, -0.2) is 0 Å². The molecule has 1 fully saturated rings. The van der Waals surface area contributed by atoms with Gasteiger partial charge in [-0.2, -0.15) is 12.6 Å². The zero-order valence-corrected chi connectivity index (χ0v) is 10.8. The Balaban J connectivity index is 0.000000399. The first-order valence-electron chi connectivity index (χ1n) is 5.34. The van der Waals surface area contributed by atoms with Gasteiger partial charge in [0.1, 0.15) is 30.5 Å². The molecule has 1 saturated heterocycles. The first-order valence-corrected chi connectivity index (χ1v) is 5.97. The molecule has 0 amide bonds. The van der Waals surface area contributed by atoms with Crippen molar-refractivity contribution in [1.82, 2.24) is 0 Å². The molecule has 9 nitrogen and oxygen atoms in total. The normalized spacial score (nSPS) is 36.1. The Morgan fingerprint density at radius 1 is 1.21 bits per heavy atom. The maximum absolute atomic E-state index is 9.76. The molecule has 0 aromatic heterocycles. The summed E-state index contributed by atoms with van der Waals surface area (Å²) >= 11 is 3.65. The molecule has 0 radical (unpaired) electrons. The Morgan fingerprint density at radius 2 is 1.74 bits per heavy atom. The highest BCUT2D eigenvalue weighted by molar-refractivity contribution is 7.80. The topological polar surface area (TPSA) is 174 Å². The number of carboxylic acids is 1. The monoisotopic (exact) mass is 301 g/mol. The van der Waals surface area contributed by atoms with Crippen molar-refractivity contribution in [2.24, 2.45) is 5.73 Å². The number of thiol groups is 1. The van der Waals surface area contributed by atoms with Gasteiger partial charge in [-0.3, -0.25) is 4.79 Å². The van der Waals surface area contributed by atoms with Crippen LogP contribution in [-0.2, 0) is 9.53 Å². The van der Waals surface area contributed by atoms with Crippen molar-refractivity contribution in [3.05, 3.63) is 0 Å². The van der Waals surface area contributed by atoms with E-state index < -0.39 is 49.3 Å².